The van der Waals surface area contributed by atoms with Crippen LogP contribution >= 0.6 is 12.4 Å². The lowest BCUT2D eigenvalue weighted by atomic mass is 10.2. The van der Waals surface area contributed by atoms with E-state index in [9.17, 15) is 0 Å². The summed E-state index contributed by atoms with van der Waals surface area (Å²) in [6, 6.07) is 5.60. The molecule has 1 N–H and O–H groups in total. The second-order valence-corrected chi connectivity index (χ2v) is 5.47. The number of nitrogens with zero attached hydrogens (tertiary/aromatic N) is 5. The van der Waals surface area contributed by atoms with E-state index in [0.29, 0.717) is 23.2 Å². The fourth-order valence-electron chi connectivity index (χ4n) is 2.60. The average Bonchev–Trinajstić information content (AvgIpc) is 3.25. The predicted octanol–water partition coefficient (Wildman–Crippen LogP) is 1.78. The fourth-order valence-corrected chi connectivity index (χ4v) is 2.60. The van der Waals surface area contributed by atoms with Crippen LogP contribution < -0.4 is 5.32 Å². The lowest BCUT2D eigenvalue weighted by molar-refractivity contribution is 0.190. The molecule has 1 atom stereocenters. The highest BCUT2D eigenvalue weighted by atomic mass is 35.5. The standard InChI is InChI=1S/C15H16N6O2.ClH/c1-21-7-6-17-9-12(21)14-18-15(23-20-14)11-8-13(22-19-11)10-2-4-16-5-3-10;/h2-5,8,12,17H,6-7,9H2,1H3;1H. The molecular weight excluding hydrogens is 332 g/mol. The molecule has 0 radical (unpaired) electrons. The molecule has 1 fully saturated rings. The van der Waals surface area contributed by atoms with Crippen LogP contribution in [-0.2, 0) is 0 Å². The van der Waals surface area contributed by atoms with Crippen molar-refractivity contribution in [3.8, 4) is 22.9 Å². The SMILES string of the molecule is CN1CCNCC1c1noc(-c2cc(-c3ccncc3)on2)n1.Cl. The Hall–Kier alpha value is -2.29. The summed E-state index contributed by atoms with van der Waals surface area (Å²) in [5.74, 6) is 1.66. The maximum Gasteiger partial charge on any atom is 0.280 e. The summed E-state index contributed by atoms with van der Waals surface area (Å²) in [4.78, 5) is 10.7. The predicted molar refractivity (Wildman–Crippen MR) is 88.5 cm³/mol. The van der Waals surface area contributed by atoms with Crippen molar-refractivity contribution in [2.45, 2.75) is 6.04 Å². The van der Waals surface area contributed by atoms with Gasteiger partial charge in [0.05, 0.1) is 6.04 Å². The lowest BCUT2D eigenvalue weighted by Gasteiger charge is -2.30. The molecule has 0 aliphatic carbocycles. The maximum atomic E-state index is 5.35. The number of hydrogen-bond donors (Lipinski definition) is 1. The first-order valence-electron chi connectivity index (χ1n) is 7.43. The van der Waals surface area contributed by atoms with Crippen LogP contribution in [0.1, 0.15) is 11.9 Å². The molecule has 126 valence electrons. The van der Waals surface area contributed by atoms with Crippen LogP contribution in [0.25, 0.3) is 22.9 Å². The monoisotopic (exact) mass is 348 g/mol. The quantitative estimate of drug-likeness (QED) is 0.765. The minimum absolute atomic E-state index is 0. The minimum atomic E-state index is 0. The minimum Gasteiger partial charge on any atom is -0.355 e. The van der Waals surface area contributed by atoms with Gasteiger partial charge in [-0.15, -0.1) is 12.4 Å². The van der Waals surface area contributed by atoms with Crippen molar-refractivity contribution in [3.05, 3.63) is 36.4 Å². The van der Waals surface area contributed by atoms with E-state index in [1.54, 1.807) is 18.5 Å². The van der Waals surface area contributed by atoms with Gasteiger partial charge in [-0.05, 0) is 19.2 Å². The van der Waals surface area contributed by atoms with Crippen molar-refractivity contribution < 1.29 is 9.05 Å². The number of likely N-dealkylation sites (N-methyl/N-ethyl adjacent to an activating group) is 1. The summed E-state index contributed by atoms with van der Waals surface area (Å²) < 4.78 is 10.7. The Morgan fingerprint density at radius 2 is 2.04 bits per heavy atom. The molecule has 0 saturated carbocycles. The third-order valence-corrected chi connectivity index (χ3v) is 3.94. The molecule has 1 aliphatic rings. The van der Waals surface area contributed by atoms with E-state index >= 15 is 0 Å². The van der Waals surface area contributed by atoms with Crippen LogP contribution in [0.3, 0.4) is 0 Å². The van der Waals surface area contributed by atoms with E-state index < -0.39 is 0 Å². The Morgan fingerprint density at radius 1 is 1.21 bits per heavy atom. The molecule has 3 aromatic rings. The molecule has 0 aromatic carbocycles. The number of aromatic nitrogens is 4. The Labute approximate surface area is 144 Å². The number of pyridine rings is 1. The van der Waals surface area contributed by atoms with Crippen molar-refractivity contribution in [2.75, 3.05) is 26.7 Å². The van der Waals surface area contributed by atoms with Crippen LogP contribution in [0.2, 0.25) is 0 Å². The van der Waals surface area contributed by atoms with Gasteiger partial charge in [-0.3, -0.25) is 9.88 Å². The summed E-state index contributed by atoms with van der Waals surface area (Å²) in [5, 5.41) is 11.4. The fraction of sp³-hybridized carbons (Fsp3) is 0.333. The van der Waals surface area contributed by atoms with Gasteiger partial charge in [0.15, 0.2) is 17.3 Å². The molecule has 1 saturated heterocycles. The van der Waals surface area contributed by atoms with Gasteiger partial charge in [0.25, 0.3) is 5.89 Å². The van der Waals surface area contributed by atoms with Gasteiger partial charge >= 0.3 is 0 Å². The van der Waals surface area contributed by atoms with E-state index in [0.717, 1.165) is 25.2 Å². The van der Waals surface area contributed by atoms with Gasteiger partial charge < -0.3 is 14.4 Å². The molecule has 24 heavy (non-hydrogen) atoms. The maximum absolute atomic E-state index is 5.35. The van der Waals surface area contributed by atoms with Crippen LogP contribution in [0, 0.1) is 0 Å². The van der Waals surface area contributed by atoms with Crippen molar-refractivity contribution in [3.63, 3.8) is 0 Å². The van der Waals surface area contributed by atoms with E-state index in [1.807, 2.05) is 12.1 Å². The van der Waals surface area contributed by atoms with E-state index in [4.69, 9.17) is 9.05 Å². The zero-order valence-electron chi connectivity index (χ0n) is 13.0. The van der Waals surface area contributed by atoms with Crippen molar-refractivity contribution in [1.82, 2.24) is 30.5 Å². The number of rotatable bonds is 3. The van der Waals surface area contributed by atoms with Gasteiger partial charge in [0.1, 0.15) is 0 Å². The molecule has 8 nitrogen and oxygen atoms in total. The van der Waals surface area contributed by atoms with Crippen molar-refractivity contribution in [2.24, 2.45) is 0 Å². The number of halogens is 1. The van der Waals surface area contributed by atoms with Crippen LogP contribution in [0.4, 0.5) is 0 Å². The van der Waals surface area contributed by atoms with Crippen molar-refractivity contribution in [1.29, 1.82) is 0 Å². The zero-order valence-corrected chi connectivity index (χ0v) is 13.9. The molecule has 0 bridgehead atoms. The Balaban J connectivity index is 0.00000169. The third-order valence-electron chi connectivity index (χ3n) is 3.94. The summed E-state index contributed by atoms with van der Waals surface area (Å²) >= 11 is 0. The summed E-state index contributed by atoms with van der Waals surface area (Å²) in [6.45, 7) is 2.72. The summed E-state index contributed by atoms with van der Waals surface area (Å²) in [5.41, 5.74) is 1.43. The van der Waals surface area contributed by atoms with E-state index in [1.165, 1.54) is 0 Å². The van der Waals surface area contributed by atoms with E-state index in [2.05, 4.69) is 37.5 Å². The Kier molecular flexibility index (Phi) is 4.89. The summed E-state index contributed by atoms with van der Waals surface area (Å²) in [7, 11) is 2.05. The van der Waals surface area contributed by atoms with Gasteiger partial charge in [-0.25, -0.2) is 0 Å². The molecule has 0 spiro atoms. The highest BCUT2D eigenvalue weighted by Crippen LogP contribution is 2.26. The van der Waals surface area contributed by atoms with Gasteiger partial charge in [0, 0.05) is 43.7 Å². The molecule has 4 heterocycles. The van der Waals surface area contributed by atoms with Gasteiger partial charge in [-0.1, -0.05) is 10.3 Å². The highest BCUT2D eigenvalue weighted by molar-refractivity contribution is 5.85. The van der Waals surface area contributed by atoms with Crippen LogP contribution in [0.5, 0.6) is 0 Å². The lowest BCUT2D eigenvalue weighted by Crippen LogP contribution is -2.44. The molecule has 3 aromatic heterocycles. The highest BCUT2D eigenvalue weighted by Gasteiger charge is 2.26. The Bertz CT molecular complexity index is 790. The summed E-state index contributed by atoms with van der Waals surface area (Å²) in [6.07, 6.45) is 3.41. The topological polar surface area (TPSA) is 93.1 Å². The number of hydrogen-bond acceptors (Lipinski definition) is 8. The largest absolute Gasteiger partial charge is 0.355 e. The van der Waals surface area contributed by atoms with Crippen molar-refractivity contribution >= 4 is 12.4 Å². The van der Waals surface area contributed by atoms with E-state index in [-0.39, 0.29) is 18.4 Å². The molecule has 9 heteroatoms. The third kappa shape index (κ3) is 3.16. The normalized spacial score (nSPS) is 18.3. The van der Waals surface area contributed by atoms with Gasteiger partial charge in [-0.2, -0.15) is 4.98 Å². The molecule has 4 rings (SSSR count). The first kappa shape index (κ1) is 16.6. The number of piperazine rings is 1. The molecule has 0 amide bonds. The molecule has 1 aliphatic heterocycles. The molecular formula is C15H17ClN6O2. The Morgan fingerprint density at radius 3 is 2.83 bits per heavy atom. The number of nitrogens with one attached hydrogen (secondary N) is 1. The van der Waals surface area contributed by atoms with Crippen LogP contribution in [0.15, 0.2) is 39.6 Å². The second kappa shape index (κ2) is 7.08. The van der Waals surface area contributed by atoms with Gasteiger partial charge in [0.2, 0.25) is 0 Å². The second-order valence-electron chi connectivity index (χ2n) is 5.47. The zero-order chi connectivity index (χ0) is 15.6. The first-order valence-corrected chi connectivity index (χ1v) is 7.43. The average molecular weight is 349 g/mol. The van der Waals surface area contributed by atoms with Crippen LogP contribution in [-0.4, -0.2) is 51.9 Å². The smallest absolute Gasteiger partial charge is 0.280 e. The molecule has 1 unspecified atom stereocenters. The first-order chi connectivity index (χ1) is 11.3.